The molecule has 5 nitrogen and oxygen atoms in total. The van der Waals surface area contributed by atoms with E-state index in [2.05, 4.69) is 15.3 Å². The number of hydrogen-bond donors (Lipinski definition) is 2. The largest absolute Gasteiger partial charge is 0.326 e. The summed E-state index contributed by atoms with van der Waals surface area (Å²) in [6.07, 6.45) is 3.14. The highest BCUT2D eigenvalue weighted by Crippen LogP contribution is 2.06. The van der Waals surface area contributed by atoms with Crippen LogP contribution in [0.3, 0.4) is 0 Å². The van der Waals surface area contributed by atoms with E-state index in [1.807, 2.05) is 12.1 Å². The molecular formula is C12H13ClN4O. The lowest BCUT2D eigenvalue weighted by Crippen LogP contribution is -2.14. The molecule has 0 spiro atoms. The molecule has 1 amide bonds. The van der Waals surface area contributed by atoms with E-state index in [1.165, 1.54) is 0 Å². The molecule has 0 radical (unpaired) electrons. The van der Waals surface area contributed by atoms with E-state index in [0.717, 1.165) is 5.56 Å². The fourth-order valence-electron chi connectivity index (χ4n) is 1.33. The summed E-state index contributed by atoms with van der Waals surface area (Å²) in [5.74, 6) is 0.0557. The number of halogens is 1. The van der Waals surface area contributed by atoms with Gasteiger partial charge in [-0.3, -0.25) is 10.1 Å². The molecule has 6 heteroatoms. The van der Waals surface area contributed by atoms with Crippen LogP contribution in [0, 0.1) is 0 Å². The van der Waals surface area contributed by atoms with Crippen molar-refractivity contribution in [1.82, 2.24) is 9.97 Å². The van der Waals surface area contributed by atoms with E-state index in [9.17, 15) is 4.79 Å². The van der Waals surface area contributed by atoms with Crippen molar-refractivity contribution in [3.8, 4) is 0 Å². The Bertz CT molecular complexity index is 501. The standard InChI is InChI=1S/C12H12N4O.ClH/c13-8-9-2-4-10(5-3-9)11(17)16-12-14-6-1-7-15-12;/h1-7H,8,13H2,(H,14,15,16,17);1H. The molecule has 0 saturated heterocycles. The smallest absolute Gasteiger partial charge is 0.258 e. The molecule has 0 aliphatic heterocycles. The number of rotatable bonds is 3. The number of benzene rings is 1. The predicted octanol–water partition coefficient (Wildman–Crippen LogP) is 1.61. The number of aromatic nitrogens is 2. The molecule has 94 valence electrons. The van der Waals surface area contributed by atoms with Crippen LogP contribution >= 0.6 is 12.4 Å². The van der Waals surface area contributed by atoms with Gasteiger partial charge >= 0.3 is 0 Å². The lowest BCUT2D eigenvalue weighted by atomic mass is 10.1. The van der Waals surface area contributed by atoms with Gasteiger partial charge in [0.15, 0.2) is 0 Å². The molecule has 0 atom stereocenters. The number of carbonyl (C=O) groups excluding carboxylic acids is 1. The van der Waals surface area contributed by atoms with Gasteiger partial charge in [0.05, 0.1) is 0 Å². The monoisotopic (exact) mass is 264 g/mol. The van der Waals surface area contributed by atoms with Crippen molar-refractivity contribution in [2.24, 2.45) is 5.73 Å². The summed E-state index contributed by atoms with van der Waals surface area (Å²) < 4.78 is 0. The first-order valence-electron chi connectivity index (χ1n) is 5.17. The van der Waals surface area contributed by atoms with Gasteiger partial charge in [0.1, 0.15) is 0 Å². The Hall–Kier alpha value is -1.98. The molecule has 2 aromatic rings. The molecule has 0 bridgehead atoms. The van der Waals surface area contributed by atoms with Crippen LogP contribution in [0.5, 0.6) is 0 Å². The average molecular weight is 265 g/mol. The SMILES string of the molecule is Cl.NCc1ccc(C(=O)Nc2ncccn2)cc1. The Labute approximate surface area is 111 Å². The van der Waals surface area contributed by atoms with Gasteiger partial charge in [-0.2, -0.15) is 0 Å². The van der Waals surface area contributed by atoms with Crippen LogP contribution in [-0.2, 0) is 6.54 Å². The number of carbonyl (C=O) groups is 1. The van der Waals surface area contributed by atoms with E-state index in [1.54, 1.807) is 30.6 Å². The lowest BCUT2D eigenvalue weighted by Gasteiger charge is -2.03. The maximum absolute atomic E-state index is 11.8. The molecular weight excluding hydrogens is 252 g/mol. The highest BCUT2D eigenvalue weighted by molar-refractivity contribution is 6.03. The summed E-state index contributed by atoms with van der Waals surface area (Å²) in [4.78, 5) is 19.6. The van der Waals surface area contributed by atoms with Crippen LogP contribution in [0.25, 0.3) is 0 Å². The van der Waals surface area contributed by atoms with Crippen molar-refractivity contribution in [3.63, 3.8) is 0 Å². The summed E-state index contributed by atoms with van der Waals surface area (Å²) in [5.41, 5.74) is 7.01. The van der Waals surface area contributed by atoms with Crippen molar-refractivity contribution in [2.45, 2.75) is 6.54 Å². The summed E-state index contributed by atoms with van der Waals surface area (Å²) in [6.45, 7) is 0.462. The number of amides is 1. The van der Waals surface area contributed by atoms with E-state index < -0.39 is 0 Å². The van der Waals surface area contributed by atoms with E-state index in [0.29, 0.717) is 18.1 Å². The van der Waals surface area contributed by atoms with E-state index >= 15 is 0 Å². The van der Waals surface area contributed by atoms with Crippen molar-refractivity contribution >= 4 is 24.3 Å². The zero-order chi connectivity index (χ0) is 12.1. The van der Waals surface area contributed by atoms with E-state index in [4.69, 9.17) is 5.73 Å². The van der Waals surface area contributed by atoms with Gasteiger partial charge in [-0.25, -0.2) is 9.97 Å². The van der Waals surface area contributed by atoms with Crippen LogP contribution in [-0.4, -0.2) is 15.9 Å². The third kappa shape index (κ3) is 3.51. The van der Waals surface area contributed by atoms with Gasteiger partial charge in [-0.15, -0.1) is 12.4 Å². The third-order valence-corrected chi connectivity index (χ3v) is 2.24. The maximum Gasteiger partial charge on any atom is 0.258 e. The van der Waals surface area contributed by atoms with Gasteiger partial charge in [0.2, 0.25) is 5.95 Å². The Morgan fingerprint density at radius 2 is 1.78 bits per heavy atom. The summed E-state index contributed by atoms with van der Waals surface area (Å²) in [5, 5.41) is 2.60. The molecule has 0 fully saturated rings. The zero-order valence-electron chi connectivity index (χ0n) is 9.54. The molecule has 2 rings (SSSR count). The second-order valence-corrected chi connectivity index (χ2v) is 3.43. The molecule has 1 aromatic heterocycles. The fourth-order valence-corrected chi connectivity index (χ4v) is 1.33. The molecule has 1 aromatic carbocycles. The van der Waals surface area contributed by atoms with Crippen LogP contribution in [0.1, 0.15) is 15.9 Å². The lowest BCUT2D eigenvalue weighted by molar-refractivity contribution is 0.102. The molecule has 3 N–H and O–H groups in total. The van der Waals surface area contributed by atoms with Gasteiger partial charge < -0.3 is 5.73 Å². The Morgan fingerprint density at radius 3 is 2.33 bits per heavy atom. The van der Waals surface area contributed by atoms with Crippen molar-refractivity contribution < 1.29 is 4.79 Å². The normalized spacial score (nSPS) is 9.39. The van der Waals surface area contributed by atoms with Crippen molar-refractivity contribution in [3.05, 3.63) is 53.9 Å². The van der Waals surface area contributed by atoms with Crippen LogP contribution in [0.4, 0.5) is 5.95 Å². The number of nitrogens with zero attached hydrogens (tertiary/aromatic N) is 2. The molecule has 1 heterocycles. The summed E-state index contributed by atoms with van der Waals surface area (Å²) >= 11 is 0. The van der Waals surface area contributed by atoms with Crippen LogP contribution in [0.2, 0.25) is 0 Å². The minimum Gasteiger partial charge on any atom is -0.326 e. The number of anilines is 1. The predicted molar refractivity (Wildman–Crippen MR) is 71.6 cm³/mol. The van der Waals surface area contributed by atoms with Gasteiger partial charge in [-0.05, 0) is 23.8 Å². The van der Waals surface area contributed by atoms with Crippen molar-refractivity contribution in [1.29, 1.82) is 0 Å². The minimum atomic E-state index is -0.236. The maximum atomic E-state index is 11.8. The number of hydrogen-bond acceptors (Lipinski definition) is 4. The Balaban J connectivity index is 0.00000162. The molecule has 18 heavy (non-hydrogen) atoms. The van der Waals surface area contributed by atoms with E-state index in [-0.39, 0.29) is 18.3 Å². The second-order valence-electron chi connectivity index (χ2n) is 3.43. The first-order chi connectivity index (χ1) is 8.29. The first kappa shape index (κ1) is 14.1. The summed E-state index contributed by atoms with van der Waals surface area (Å²) in [6, 6.07) is 8.77. The molecule has 0 unspecified atom stereocenters. The first-order valence-corrected chi connectivity index (χ1v) is 5.17. The fraction of sp³-hybridized carbons (Fsp3) is 0.0833. The van der Waals surface area contributed by atoms with Crippen molar-refractivity contribution in [2.75, 3.05) is 5.32 Å². The summed E-state index contributed by atoms with van der Waals surface area (Å²) in [7, 11) is 0. The zero-order valence-corrected chi connectivity index (χ0v) is 10.4. The Morgan fingerprint density at radius 1 is 1.17 bits per heavy atom. The molecule has 0 aliphatic carbocycles. The topological polar surface area (TPSA) is 80.9 Å². The number of nitrogens with two attached hydrogens (primary N) is 1. The molecule has 0 aliphatic rings. The van der Waals surface area contributed by atoms with Gasteiger partial charge in [0.25, 0.3) is 5.91 Å². The van der Waals surface area contributed by atoms with Crippen LogP contribution in [0.15, 0.2) is 42.7 Å². The second kappa shape index (κ2) is 6.68. The third-order valence-electron chi connectivity index (χ3n) is 2.24. The quantitative estimate of drug-likeness (QED) is 0.883. The minimum absolute atomic E-state index is 0. The van der Waals surface area contributed by atoms with Crippen LogP contribution < -0.4 is 11.1 Å². The van der Waals surface area contributed by atoms with Gasteiger partial charge in [0, 0.05) is 24.5 Å². The number of nitrogens with one attached hydrogen (secondary N) is 1. The Kier molecular flexibility index (Phi) is 5.23. The highest BCUT2D eigenvalue weighted by Gasteiger charge is 2.06. The molecule has 0 saturated carbocycles. The average Bonchev–Trinajstić information content (AvgIpc) is 2.40. The highest BCUT2D eigenvalue weighted by atomic mass is 35.5. The van der Waals surface area contributed by atoms with Gasteiger partial charge in [-0.1, -0.05) is 12.1 Å².